The van der Waals surface area contributed by atoms with Crippen LogP contribution in [0, 0.1) is 0 Å². The van der Waals surface area contributed by atoms with Crippen molar-refractivity contribution in [2.24, 2.45) is 0 Å². The standard InChI is InChI=1S/C9H18O7.Na.H/c1-2-15-4-9(14)6(11)5(3-10)16-8(13)7(9)12;;/h5-8,10-14H,2-4H2,1H3;;/t5-,6-,7-,8+,9+;;/m1../s1. The normalized spacial score (nSPS) is 42.0. The molecule has 8 heteroatoms. The third-order valence-electron chi connectivity index (χ3n) is 2.68. The van der Waals surface area contributed by atoms with Crippen LogP contribution in [-0.2, 0) is 9.47 Å². The van der Waals surface area contributed by atoms with Gasteiger partial charge in [-0.25, -0.2) is 0 Å². The molecule has 0 aromatic heterocycles. The molecule has 0 radical (unpaired) electrons. The van der Waals surface area contributed by atoms with E-state index in [0.29, 0.717) is 0 Å². The first-order valence-electron chi connectivity index (χ1n) is 5.08. The summed E-state index contributed by atoms with van der Waals surface area (Å²) >= 11 is 0. The van der Waals surface area contributed by atoms with Gasteiger partial charge in [0.2, 0.25) is 0 Å². The van der Waals surface area contributed by atoms with Gasteiger partial charge in [-0.1, -0.05) is 0 Å². The maximum atomic E-state index is 10.0. The molecule has 5 N–H and O–H groups in total. The van der Waals surface area contributed by atoms with Crippen molar-refractivity contribution in [3.63, 3.8) is 0 Å². The number of aliphatic hydroxyl groups excluding tert-OH is 4. The fraction of sp³-hybridized carbons (Fsp3) is 1.00. The van der Waals surface area contributed by atoms with E-state index in [1.165, 1.54) is 0 Å². The van der Waals surface area contributed by atoms with Crippen LogP contribution in [0.3, 0.4) is 0 Å². The average Bonchev–Trinajstić information content (AvgIpc) is 2.29. The van der Waals surface area contributed by atoms with Crippen molar-refractivity contribution in [1.82, 2.24) is 0 Å². The molecule has 1 fully saturated rings. The Balaban J connectivity index is 0.00000256. The van der Waals surface area contributed by atoms with Crippen molar-refractivity contribution in [1.29, 1.82) is 0 Å². The van der Waals surface area contributed by atoms with Gasteiger partial charge in [0.05, 0.1) is 13.2 Å². The number of ether oxygens (including phenoxy) is 2. The fourth-order valence-electron chi connectivity index (χ4n) is 1.65. The molecule has 0 amide bonds. The van der Waals surface area contributed by atoms with Crippen molar-refractivity contribution in [2.45, 2.75) is 37.1 Å². The van der Waals surface area contributed by atoms with Crippen LogP contribution in [0.1, 0.15) is 6.92 Å². The molecule has 0 saturated carbocycles. The summed E-state index contributed by atoms with van der Waals surface area (Å²) in [7, 11) is 0. The zero-order valence-electron chi connectivity index (χ0n) is 8.98. The van der Waals surface area contributed by atoms with Gasteiger partial charge in [-0.05, 0) is 6.92 Å². The van der Waals surface area contributed by atoms with Crippen LogP contribution in [0.5, 0.6) is 0 Å². The summed E-state index contributed by atoms with van der Waals surface area (Å²) in [5.41, 5.74) is -2.05. The average molecular weight is 262 g/mol. The van der Waals surface area contributed by atoms with Crippen molar-refractivity contribution in [3.05, 3.63) is 0 Å². The van der Waals surface area contributed by atoms with Gasteiger partial charge in [-0.3, -0.25) is 0 Å². The molecule has 1 aliphatic rings. The van der Waals surface area contributed by atoms with E-state index in [1.807, 2.05) is 0 Å². The molecule has 0 aromatic carbocycles. The van der Waals surface area contributed by atoms with Crippen molar-refractivity contribution >= 4 is 29.6 Å². The van der Waals surface area contributed by atoms with Crippen molar-refractivity contribution in [3.8, 4) is 0 Å². The Labute approximate surface area is 121 Å². The van der Waals surface area contributed by atoms with E-state index in [4.69, 9.17) is 14.6 Å². The van der Waals surface area contributed by atoms with Crippen LogP contribution in [0.2, 0.25) is 0 Å². The minimum absolute atomic E-state index is 0. The molecule has 1 rings (SSSR count). The molecule has 1 heterocycles. The Morgan fingerprint density at radius 3 is 2.29 bits per heavy atom. The Morgan fingerprint density at radius 2 is 1.82 bits per heavy atom. The first kappa shape index (κ1) is 17.7. The number of hydrogen-bond donors (Lipinski definition) is 5. The Hall–Kier alpha value is 0.720. The van der Waals surface area contributed by atoms with Gasteiger partial charge in [-0.15, -0.1) is 0 Å². The minimum atomic E-state index is -2.05. The van der Waals surface area contributed by atoms with E-state index in [1.54, 1.807) is 6.92 Å². The van der Waals surface area contributed by atoms with Crippen LogP contribution in [-0.4, -0.2) is 105 Å². The number of rotatable bonds is 4. The van der Waals surface area contributed by atoms with Gasteiger partial charge in [0, 0.05) is 6.61 Å². The number of aliphatic hydroxyl groups is 5. The molecule has 5 atom stereocenters. The molecule has 0 spiro atoms. The van der Waals surface area contributed by atoms with Crippen LogP contribution in [0.15, 0.2) is 0 Å². The molecule has 0 aliphatic carbocycles. The zero-order valence-corrected chi connectivity index (χ0v) is 8.98. The van der Waals surface area contributed by atoms with Gasteiger partial charge in [0.15, 0.2) is 6.29 Å². The Morgan fingerprint density at radius 1 is 1.24 bits per heavy atom. The fourth-order valence-corrected chi connectivity index (χ4v) is 1.65. The van der Waals surface area contributed by atoms with Crippen LogP contribution >= 0.6 is 0 Å². The van der Waals surface area contributed by atoms with E-state index in [0.717, 1.165) is 0 Å². The summed E-state index contributed by atoms with van der Waals surface area (Å²) < 4.78 is 9.67. The maximum absolute atomic E-state index is 10.0. The monoisotopic (exact) mass is 262 g/mol. The van der Waals surface area contributed by atoms with E-state index < -0.39 is 36.8 Å². The van der Waals surface area contributed by atoms with E-state index in [2.05, 4.69) is 0 Å². The third-order valence-corrected chi connectivity index (χ3v) is 2.68. The van der Waals surface area contributed by atoms with E-state index in [9.17, 15) is 20.4 Å². The van der Waals surface area contributed by atoms with Gasteiger partial charge in [0.25, 0.3) is 0 Å². The molecular formula is C9H19NaO7. The molecule has 0 aromatic rings. The van der Waals surface area contributed by atoms with Crippen LogP contribution in [0.25, 0.3) is 0 Å². The van der Waals surface area contributed by atoms with Gasteiger partial charge < -0.3 is 35.0 Å². The molecule has 7 nitrogen and oxygen atoms in total. The SMILES string of the molecule is CCOC[C@@]1(O)[C@H](O)[C@@H](O)O[C@H](CO)[C@H]1O.[NaH]. The summed E-state index contributed by atoms with van der Waals surface area (Å²) in [5, 5.41) is 47.5. The summed E-state index contributed by atoms with van der Waals surface area (Å²) in [6.07, 6.45) is -6.07. The Kier molecular flexibility index (Phi) is 7.65. The van der Waals surface area contributed by atoms with Gasteiger partial charge in [0.1, 0.15) is 23.9 Å². The summed E-state index contributed by atoms with van der Waals surface area (Å²) in [5.74, 6) is 0. The molecule has 1 saturated heterocycles. The van der Waals surface area contributed by atoms with Crippen LogP contribution in [0.4, 0.5) is 0 Å². The third kappa shape index (κ3) is 3.60. The first-order valence-corrected chi connectivity index (χ1v) is 5.08. The summed E-state index contributed by atoms with van der Waals surface area (Å²) in [6.45, 7) is 1.02. The molecule has 1 aliphatic heterocycles. The molecule has 98 valence electrons. The van der Waals surface area contributed by atoms with Crippen LogP contribution < -0.4 is 0 Å². The zero-order chi connectivity index (χ0) is 12.3. The molecule has 0 unspecified atom stereocenters. The quantitative estimate of drug-likeness (QED) is 0.334. The molecular weight excluding hydrogens is 243 g/mol. The van der Waals surface area contributed by atoms with Gasteiger partial charge in [-0.2, -0.15) is 0 Å². The topological polar surface area (TPSA) is 120 Å². The summed E-state index contributed by atoms with van der Waals surface area (Å²) in [6, 6.07) is 0. The van der Waals surface area contributed by atoms with E-state index in [-0.39, 0.29) is 42.8 Å². The predicted octanol–water partition coefficient (Wildman–Crippen LogP) is -3.46. The van der Waals surface area contributed by atoms with E-state index >= 15 is 0 Å². The molecule has 0 bridgehead atoms. The predicted molar refractivity (Wildman–Crippen MR) is 58.6 cm³/mol. The van der Waals surface area contributed by atoms with Crippen molar-refractivity contribution in [2.75, 3.05) is 19.8 Å². The molecule has 17 heavy (non-hydrogen) atoms. The Bertz CT molecular complexity index is 229. The summed E-state index contributed by atoms with van der Waals surface area (Å²) in [4.78, 5) is 0. The van der Waals surface area contributed by atoms with Crippen molar-refractivity contribution < 1.29 is 35.0 Å². The van der Waals surface area contributed by atoms with Gasteiger partial charge >= 0.3 is 29.6 Å². The second kappa shape index (κ2) is 7.34. The second-order valence-corrected chi connectivity index (χ2v) is 3.77. The number of hydrogen-bond acceptors (Lipinski definition) is 7. The first-order chi connectivity index (χ1) is 7.47. The second-order valence-electron chi connectivity index (χ2n) is 3.77.